The number of ether oxygens (including phenoxy) is 2. The summed E-state index contributed by atoms with van der Waals surface area (Å²) in [5.41, 5.74) is 2.05. The van der Waals surface area contributed by atoms with Crippen molar-refractivity contribution in [2.45, 2.75) is 19.7 Å². The fraction of sp³-hybridized carbons (Fsp3) is 0.263. The number of rotatable bonds is 7. The summed E-state index contributed by atoms with van der Waals surface area (Å²) in [4.78, 5) is 23.5. The Hall–Kier alpha value is -3.03. The smallest absolute Gasteiger partial charge is 0.405 e. The number of halogens is 3. The highest BCUT2D eigenvalue weighted by atomic mass is 19.4. The van der Waals surface area contributed by atoms with Gasteiger partial charge in [-0.3, -0.25) is 4.79 Å². The van der Waals surface area contributed by atoms with E-state index in [4.69, 9.17) is 9.47 Å². The van der Waals surface area contributed by atoms with Crippen molar-refractivity contribution in [1.82, 2.24) is 5.32 Å². The van der Waals surface area contributed by atoms with Crippen LogP contribution >= 0.6 is 0 Å². The average molecular weight is 381 g/mol. The van der Waals surface area contributed by atoms with Gasteiger partial charge in [-0.15, -0.1) is 0 Å². The fourth-order valence-electron chi connectivity index (χ4n) is 2.18. The molecule has 8 heteroatoms. The van der Waals surface area contributed by atoms with Crippen LogP contribution in [0.1, 0.15) is 21.5 Å². The van der Waals surface area contributed by atoms with E-state index in [1.807, 2.05) is 31.2 Å². The Morgan fingerprint density at radius 1 is 1.07 bits per heavy atom. The Balaban J connectivity index is 1.93. The van der Waals surface area contributed by atoms with Gasteiger partial charge in [0.25, 0.3) is 5.91 Å². The number of carbonyl (C=O) groups excluding carboxylic acids is 2. The van der Waals surface area contributed by atoms with Crippen molar-refractivity contribution in [2.24, 2.45) is 0 Å². The van der Waals surface area contributed by atoms with Gasteiger partial charge in [0, 0.05) is 0 Å². The highest BCUT2D eigenvalue weighted by Crippen LogP contribution is 2.20. The van der Waals surface area contributed by atoms with Crippen LogP contribution in [0, 0.1) is 6.92 Å². The predicted molar refractivity (Wildman–Crippen MR) is 91.3 cm³/mol. The van der Waals surface area contributed by atoms with E-state index in [2.05, 4.69) is 0 Å². The Labute approximate surface area is 154 Å². The third kappa shape index (κ3) is 7.01. The van der Waals surface area contributed by atoms with Gasteiger partial charge in [0.05, 0.1) is 0 Å². The molecule has 0 unspecified atom stereocenters. The first-order valence-corrected chi connectivity index (χ1v) is 8.02. The van der Waals surface area contributed by atoms with Gasteiger partial charge in [0.2, 0.25) is 0 Å². The zero-order valence-electron chi connectivity index (χ0n) is 14.5. The van der Waals surface area contributed by atoms with Gasteiger partial charge in [0.15, 0.2) is 6.61 Å². The summed E-state index contributed by atoms with van der Waals surface area (Å²) in [7, 11) is 0. The van der Waals surface area contributed by atoms with E-state index in [-0.39, 0.29) is 17.9 Å². The first-order chi connectivity index (χ1) is 12.7. The minimum Gasteiger partial charge on any atom is -0.488 e. The van der Waals surface area contributed by atoms with Crippen molar-refractivity contribution in [3.63, 3.8) is 0 Å². The minimum atomic E-state index is -4.53. The van der Waals surface area contributed by atoms with Gasteiger partial charge in [-0.05, 0) is 24.6 Å². The van der Waals surface area contributed by atoms with E-state index in [0.29, 0.717) is 0 Å². The average Bonchev–Trinajstić information content (AvgIpc) is 2.62. The molecule has 144 valence electrons. The molecule has 2 rings (SSSR count). The Morgan fingerprint density at radius 3 is 2.52 bits per heavy atom. The van der Waals surface area contributed by atoms with Crippen molar-refractivity contribution in [2.75, 3.05) is 13.2 Å². The maximum absolute atomic E-state index is 12.1. The lowest BCUT2D eigenvalue weighted by Crippen LogP contribution is -2.36. The summed E-state index contributed by atoms with van der Waals surface area (Å²) in [6, 6.07) is 13.9. The molecule has 2 aromatic carbocycles. The molecule has 1 N–H and O–H groups in total. The molecule has 0 radical (unpaired) electrons. The van der Waals surface area contributed by atoms with Crippen molar-refractivity contribution in [1.29, 1.82) is 0 Å². The van der Waals surface area contributed by atoms with E-state index in [0.717, 1.165) is 11.1 Å². The predicted octanol–water partition coefficient (Wildman–Crippen LogP) is 3.41. The molecular formula is C19H18F3NO4. The number of aryl methyl sites for hydroxylation is 1. The molecule has 5 nitrogen and oxygen atoms in total. The zero-order chi connectivity index (χ0) is 19.9. The lowest BCUT2D eigenvalue weighted by Gasteiger charge is -2.12. The molecule has 1 amide bonds. The van der Waals surface area contributed by atoms with Crippen LogP contribution in [-0.4, -0.2) is 31.2 Å². The first-order valence-electron chi connectivity index (χ1n) is 8.02. The van der Waals surface area contributed by atoms with Crippen LogP contribution in [0.15, 0.2) is 48.5 Å². The fourth-order valence-corrected chi connectivity index (χ4v) is 2.18. The van der Waals surface area contributed by atoms with Crippen LogP contribution in [-0.2, 0) is 16.1 Å². The molecule has 27 heavy (non-hydrogen) atoms. The highest BCUT2D eigenvalue weighted by molar-refractivity contribution is 5.93. The molecular weight excluding hydrogens is 363 g/mol. The number of benzene rings is 2. The SMILES string of the molecule is Cc1cccc(COc2ccccc2C(=O)OCC(=O)NCC(F)(F)F)c1. The molecule has 0 saturated heterocycles. The molecule has 0 atom stereocenters. The number of carbonyl (C=O) groups is 2. The molecule has 0 spiro atoms. The van der Waals surface area contributed by atoms with Crippen LogP contribution in [0.4, 0.5) is 13.2 Å². The quantitative estimate of drug-likeness (QED) is 0.747. The normalized spacial score (nSPS) is 11.0. The standard InChI is InChI=1S/C19H18F3NO4/c1-13-5-4-6-14(9-13)10-26-16-8-3-2-7-15(16)18(25)27-11-17(24)23-12-19(20,21)22/h2-9H,10-12H2,1H3,(H,23,24). The maximum atomic E-state index is 12.1. The Morgan fingerprint density at radius 2 is 1.81 bits per heavy atom. The van der Waals surface area contributed by atoms with Crippen molar-refractivity contribution in [3.05, 3.63) is 65.2 Å². The minimum absolute atomic E-state index is 0.0776. The number of amides is 1. The topological polar surface area (TPSA) is 64.6 Å². The van der Waals surface area contributed by atoms with Gasteiger partial charge < -0.3 is 14.8 Å². The Bertz CT molecular complexity index is 806. The van der Waals surface area contributed by atoms with E-state index < -0.39 is 31.2 Å². The largest absolute Gasteiger partial charge is 0.488 e. The molecule has 0 heterocycles. The first kappa shape index (κ1) is 20.3. The molecule has 0 aliphatic heterocycles. The van der Waals surface area contributed by atoms with Crippen LogP contribution < -0.4 is 10.1 Å². The van der Waals surface area contributed by atoms with E-state index in [9.17, 15) is 22.8 Å². The number of alkyl halides is 3. The molecule has 0 saturated carbocycles. The number of nitrogens with one attached hydrogen (secondary N) is 1. The summed E-state index contributed by atoms with van der Waals surface area (Å²) in [6.07, 6.45) is -4.53. The van der Waals surface area contributed by atoms with Crippen molar-refractivity contribution in [3.8, 4) is 5.75 Å². The van der Waals surface area contributed by atoms with E-state index >= 15 is 0 Å². The maximum Gasteiger partial charge on any atom is 0.405 e. The summed E-state index contributed by atoms with van der Waals surface area (Å²) in [5.74, 6) is -1.66. The molecule has 2 aromatic rings. The van der Waals surface area contributed by atoms with E-state index in [1.54, 1.807) is 23.5 Å². The summed E-state index contributed by atoms with van der Waals surface area (Å²) in [5, 5.41) is 1.62. The lowest BCUT2D eigenvalue weighted by atomic mass is 10.1. The molecule has 0 aliphatic rings. The van der Waals surface area contributed by atoms with Crippen molar-refractivity contribution < 1.29 is 32.2 Å². The number of esters is 1. The van der Waals surface area contributed by atoms with Gasteiger partial charge in [0.1, 0.15) is 24.5 Å². The van der Waals surface area contributed by atoms with Crippen LogP contribution in [0.3, 0.4) is 0 Å². The molecule has 0 bridgehead atoms. The number of hydrogen-bond acceptors (Lipinski definition) is 4. The van der Waals surface area contributed by atoms with Gasteiger partial charge >= 0.3 is 12.1 Å². The second kappa shape index (κ2) is 9.07. The number of hydrogen-bond donors (Lipinski definition) is 1. The molecule has 0 aliphatic carbocycles. The molecule has 0 fully saturated rings. The molecule has 0 aromatic heterocycles. The van der Waals surface area contributed by atoms with Gasteiger partial charge in [-0.1, -0.05) is 42.0 Å². The summed E-state index contributed by atoms with van der Waals surface area (Å²) < 4.78 is 46.5. The third-order valence-corrected chi connectivity index (χ3v) is 3.40. The highest BCUT2D eigenvalue weighted by Gasteiger charge is 2.28. The summed E-state index contributed by atoms with van der Waals surface area (Å²) >= 11 is 0. The Kier molecular flexibility index (Phi) is 6.81. The van der Waals surface area contributed by atoms with Crippen LogP contribution in [0.25, 0.3) is 0 Å². The van der Waals surface area contributed by atoms with E-state index in [1.165, 1.54) is 6.07 Å². The van der Waals surface area contributed by atoms with Crippen LogP contribution in [0.5, 0.6) is 5.75 Å². The summed E-state index contributed by atoms with van der Waals surface area (Å²) in [6.45, 7) is -0.141. The lowest BCUT2D eigenvalue weighted by molar-refractivity contribution is -0.140. The van der Waals surface area contributed by atoms with Gasteiger partial charge in [-0.25, -0.2) is 4.79 Å². The second-order valence-corrected chi connectivity index (χ2v) is 5.74. The monoisotopic (exact) mass is 381 g/mol. The van der Waals surface area contributed by atoms with Crippen LogP contribution in [0.2, 0.25) is 0 Å². The second-order valence-electron chi connectivity index (χ2n) is 5.74. The third-order valence-electron chi connectivity index (χ3n) is 3.40. The zero-order valence-corrected chi connectivity index (χ0v) is 14.5. The van der Waals surface area contributed by atoms with Gasteiger partial charge in [-0.2, -0.15) is 13.2 Å². The number of para-hydroxylation sites is 1. The van der Waals surface area contributed by atoms with Crippen molar-refractivity contribution >= 4 is 11.9 Å².